The summed E-state index contributed by atoms with van der Waals surface area (Å²) >= 11 is 0. The van der Waals surface area contributed by atoms with Gasteiger partial charge in [-0.05, 0) is 71.3 Å². The summed E-state index contributed by atoms with van der Waals surface area (Å²) in [6.45, 7) is 4.13. The molecule has 0 saturated heterocycles. The molecule has 0 aliphatic rings. The van der Waals surface area contributed by atoms with Crippen molar-refractivity contribution in [3.05, 3.63) is 102 Å². The highest BCUT2D eigenvalue weighted by molar-refractivity contribution is 5.73. The Morgan fingerprint density at radius 3 is 1.74 bits per heavy atom. The molecular formula is C31H29F3O. The number of halogens is 3. The van der Waals surface area contributed by atoms with E-state index >= 15 is 0 Å². The normalized spacial score (nSPS) is 11.0. The van der Waals surface area contributed by atoms with Crippen LogP contribution in [0.1, 0.15) is 38.7 Å². The molecule has 0 bridgehead atoms. The fourth-order valence-corrected chi connectivity index (χ4v) is 4.21. The minimum Gasteiger partial charge on any atom is -0.491 e. The number of hydrogen-bond donors (Lipinski definition) is 0. The van der Waals surface area contributed by atoms with Gasteiger partial charge in [-0.3, -0.25) is 0 Å². The topological polar surface area (TPSA) is 9.23 Å². The molecule has 0 fully saturated rings. The van der Waals surface area contributed by atoms with Crippen molar-refractivity contribution in [3.8, 4) is 39.1 Å². The van der Waals surface area contributed by atoms with Crippen molar-refractivity contribution in [2.24, 2.45) is 0 Å². The average Bonchev–Trinajstić information content (AvgIpc) is 2.88. The summed E-state index contributed by atoms with van der Waals surface area (Å²) in [5, 5.41) is 0. The number of hydrogen-bond acceptors (Lipinski definition) is 1. The van der Waals surface area contributed by atoms with Gasteiger partial charge in [0.05, 0.1) is 6.61 Å². The molecule has 0 aliphatic carbocycles. The Labute approximate surface area is 205 Å². The first-order chi connectivity index (χ1) is 17.0. The predicted molar refractivity (Wildman–Crippen MR) is 137 cm³/mol. The predicted octanol–water partition coefficient (Wildman–Crippen LogP) is 9.24. The van der Waals surface area contributed by atoms with Crippen molar-refractivity contribution in [1.82, 2.24) is 0 Å². The monoisotopic (exact) mass is 474 g/mol. The van der Waals surface area contributed by atoms with Crippen LogP contribution in [0, 0.1) is 17.5 Å². The van der Waals surface area contributed by atoms with Gasteiger partial charge in [-0.15, -0.1) is 0 Å². The molecule has 35 heavy (non-hydrogen) atoms. The highest BCUT2D eigenvalue weighted by atomic mass is 19.2. The summed E-state index contributed by atoms with van der Waals surface area (Å²) in [5.74, 6) is -2.14. The van der Waals surface area contributed by atoms with Crippen LogP contribution in [-0.2, 0) is 6.42 Å². The standard InChI is InChI=1S/C31H29F3O/c1-3-5-6-7-25-16-17-26(20-28(25)32)23-10-8-21(9-11-23)22-12-14-24(15-13-22)27-18-19-29(35-4-2)31(34)30(27)33/h8-20H,3-7H2,1-2H3. The minimum absolute atomic E-state index is 0.0866. The van der Waals surface area contributed by atoms with E-state index in [2.05, 4.69) is 6.92 Å². The van der Waals surface area contributed by atoms with E-state index in [-0.39, 0.29) is 23.7 Å². The van der Waals surface area contributed by atoms with E-state index in [4.69, 9.17) is 4.74 Å². The molecule has 0 unspecified atom stereocenters. The van der Waals surface area contributed by atoms with Gasteiger partial charge in [0, 0.05) is 5.56 Å². The Kier molecular flexibility index (Phi) is 7.91. The van der Waals surface area contributed by atoms with Gasteiger partial charge in [-0.1, -0.05) is 80.4 Å². The van der Waals surface area contributed by atoms with Crippen LogP contribution in [0.15, 0.2) is 78.9 Å². The number of aryl methyl sites for hydroxylation is 1. The van der Waals surface area contributed by atoms with Crippen LogP contribution >= 0.6 is 0 Å². The Morgan fingerprint density at radius 1 is 0.600 bits per heavy atom. The highest BCUT2D eigenvalue weighted by Gasteiger charge is 2.15. The van der Waals surface area contributed by atoms with Crippen molar-refractivity contribution in [1.29, 1.82) is 0 Å². The maximum absolute atomic E-state index is 14.5. The van der Waals surface area contributed by atoms with Crippen LogP contribution in [0.3, 0.4) is 0 Å². The second-order valence-corrected chi connectivity index (χ2v) is 8.59. The van der Waals surface area contributed by atoms with E-state index in [1.807, 2.05) is 48.5 Å². The molecule has 1 nitrogen and oxygen atoms in total. The van der Waals surface area contributed by atoms with Crippen LogP contribution in [0.2, 0.25) is 0 Å². The number of ether oxygens (including phenoxy) is 1. The maximum atomic E-state index is 14.5. The lowest BCUT2D eigenvalue weighted by Gasteiger charge is -2.10. The molecule has 180 valence electrons. The molecule has 0 spiro atoms. The zero-order chi connectivity index (χ0) is 24.8. The summed E-state index contributed by atoms with van der Waals surface area (Å²) in [6, 6.07) is 23.6. The van der Waals surface area contributed by atoms with Crippen molar-refractivity contribution in [2.75, 3.05) is 6.61 Å². The smallest absolute Gasteiger partial charge is 0.201 e. The van der Waals surface area contributed by atoms with Gasteiger partial charge < -0.3 is 4.74 Å². The number of benzene rings is 4. The second kappa shape index (κ2) is 11.3. The molecular weight excluding hydrogens is 445 g/mol. The zero-order valence-electron chi connectivity index (χ0n) is 20.1. The van der Waals surface area contributed by atoms with Crippen molar-refractivity contribution >= 4 is 0 Å². The minimum atomic E-state index is -0.977. The van der Waals surface area contributed by atoms with Crippen molar-refractivity contribution in [3.63, 3.8) is 0 Å². The fraction of sp³-hybridized carbons (Fsp3) is 0.226. The molecule has 0 saturated carbocycles. The van der Waals surface area contributed by atoms with Gasteiger partial charge in [0.1, 0.15) is 5.82 Å². The molecule has 0 heterocycles. The van der Waals surface area contributed by atoms with Crippen LogP contribution in [-0.4, -0.2) is 6.61 Å². The zero-order valence-corrected chi connectivity index (χ0v) is 20.1. The van der Waals surface area contributed by atoms with Gasteiger partial charge >= 0.3 is 0 Å². The fourth-order valence-electron chi connectivity index (χ4n) is 4.21. The number of unbranched alkanes of at least 4 members (excludes halogenated alkanes) is 2. The Bertz CT molecular complexity index is 1280. The largest absolute Gasteiger partial charge is 0.491 e. The second-order valence-electron chi connectivity index (χ2n) is 8.59. The van der Waals surface area contributed by atoms with Crippen molar-refractivity contribution in [2.45, 2.75) is 39.5 Å². The molecule has 0 aliphatic heterocycles. The maximum Gasteiger partial charge on any atom is 0.201 e. The Morgan fingerprint density at radius 2 is 1.17 bits per heavy atom. The van der Waals surface area contributed by atoms with Crippen LogP contribution in [0.5, 0.6) is 5.75 Å². The van der Waals surface area contributed by atoms with Gasteiger partial charge in [-0.2, -0.15) is 4.39 Å². The van der Waals surface area contributed by atoms with E-state index in [9.17, 15) is 13.2 Å². The first-order valence-electron chi connectivity index (χ1n) is 12.1. The molecule has 4 aromatic carbocycles. The van der Waals surface area contributed by atoms with Gasteiger partial charge in [0.25, 0.3) is 0 Å². The summed E-state index contributed by atoms with van der Waals surface area (Å²) in [5.41, 5.74) is 5.25. The van der Waals surface area contributed by atoms with Gasteiger partial charge in [0.15, 0.2) is 11.6 Å². The molecule has 0 radical (unpaired) electrons. The summed E-state index contributed by atoms with van der Waals surface area (Å²) in [4.78, 5) is 0. The highest BCUT2D eigenvalue weighted by Crippen LogP contribution is 2.32. The Balaban J connectivity index is 1.50. The third-order valence-corrected chi connectivity index (χ3v) is 6.20. The molecule has 4 heteroatoms. The first-order valence-corrected chi connectivity index (χ1v) is 12.1. The first kappa shape index (κ1) is 24.6. The van der Waals surface area contributed by atoms with Crippen LogP contribution in [0.4, 0.5) is 13.2 Å². The molecule has 0 aromatic heterocycles. The Hall–Kier alpha value is -3.53. The van der Waals surface area contributed by atoms with Gasteiger partial charge in [0.2, 0.25) is 5.82 Å². The summed E-state index contributed by atoms with van der Waals surface area (Å²) < 4.78 is 48.5. The summed E-state index contributed by atoms with van der Waals surface area (Å²) in [7, 11) is 0. The van der Waals surface area contributed by atoms with E-state index in [1.165, 1.54) is 12.1 Å². The third-order valence-electron chi connectivity index (χ3n) is 6.20. The lowest BCUT2D eigenvalue weighted by atomic mass is 9.97. The molecule has 0 N–H and O–H groups in total. The van der Waals surface area contributed by atoms with Crippen LogP contribution < -0.4 is 4.74 Å². The van der Waals surface area contributed by atoms with Crippen LogP contribution in [0.25, 0.3) is 33.4 Å². The molecule has 0 amide bonds. The molecule has 4 rings (SSSR count). The third kappa shape index (κ3) is 5.59. The quantitative estimate of drug-likeness (QED) is 0.220. The van der Waals surface area contributed by atoms with Gasteiger partial charge in [-0.25, -0.2) is 8.78 Å². The van der Waals surface area contributed by atoms with E-state index in [1.54, 1.807) is 25.1 Å². The lowest BCUT2D eigenvalue weighted by molar-refractivity contribution is 0.314. The average molecular weight is 475 g/mol. The van der Waals surface area contributed by atoms with Crippen molar-refractivity contribution < 1.29 is 17.9 Å². The van der Waals surface area contributed by atoms with E-state index < -0.39 is 11.6 Å². The van der Waals surface area contributed by atoms with E-state index in [0.29, 0.717) is 5.56 Å². The molecule has 4 aromatic rings. The summed E-state index contributed by atoms with van der Waals surface area (Å²) in [6.07, 6.45) is 3.99. The van der Waals surface area contributed by atoms with E-state index in [0.717, 1.165) is 53.5 Å². The molecule has 0 atom stereocenters. The number of rotatable bonds is 9. The SMILES string of the molecule is CCCCCc1ccc(-c2ccc(-c3ccc(-c4ccc(OCC)c(F)c4F)cc3)cc2)cc1F. The lowest BCUT2D eigenvalue weighted by Crippen LogP contribution is -1.98.